The molecule has 4 N–H and O–H groups in total. The second-order valence-corrected chi connectivity index (χ2v) is 4.38. The van der Waals surface area contributed by atoms with Crippen molar-refractivity contribution in [2.45, 2.75) is 18.9 Å². The van der Waals surface area contributed by atoms with Gasteiger partial charge in [-0.05, 0) is 24.8 Å². The van der Waals surface area contributed by atoms with Crippen LogP contribution >= 0.6 is 11.6 Å². The van der Waals surface area contributed by atoms with Gasteiger partial charge in [-0.1, -0.05) is 11.6 Å². The third kappa shape index (κ3) is 2.52. The van der Waals surface area contributed by atoms with E-state index in [1.165, 1.54) is 0 Å². The van der Waals surface area contributed by atoms with E-state index in [1.807, 2.05) is 0 Å². The summed E-state index contributed by atoms with van der Waals surface area (Å²) in [6.45, 7) is 0.799. The molecule has 4 nitrogen and oxygen atoms in total. The van der Waals surface area contributed by atoms with E-state index < -0.39 is 0 Å². The number of nitrogen functional groups attached to an aromatic ring is 1. The lowest BCUT2D eigenvalue weighted by Crippen LogP contribution is -2.33. The molecule has 1 fully saturated rings. The number of rotatable bonds is 3. The Bertz CT molecular complexity index is 353. The SMILES string of the molecule is Nc1cnc(NCC2CC(O)C2)c(Cl)c1. The zero-order chi connectivity index (χ0) is 10.8. The topological polar surface area (TPSA) is 71.2 Å². The highest BCUT2D eigenvalue weighted by atomic mass is 35.5. The Hall–Kier alpha value is -1.00. The van der Waals surface area contributed by atoms with Crippen molar-refractivity contribution in [2.24, 2.45) is 5.92 Å². The molecular weight excluding hydrogens is 214 g/mol. The van der Waals surface area contributed by atoms with Gasteiger partial charge in [0.15, 0.2) is 0 Å². The molecule has 5 heteroatoms. The predicted octanol–water partition coefficient (Wildman–Crippen LogP) is 1.50. The van der Waals surface area contributed by atoms with Crippen LogP contribution in [0.5, 0.6) is 0 Å². The fourth-order valence-corrected chi connectivity index (χ4v) is 1.93. The first kappa shape index (κ1) is 10.5. The van der Waals surface area contributed by atoms with E-state index in [1.54, 1.807) is 12.3 Å². The van der Waals surface area contributed by atoms with Crippen LogP contribution in [0.15, 0.2) is 12.3 Å². The number of nitrogens with zero attached hydrogens (tertiary/aromatic N) is 1. The van der Waals surface area contributed by atoms with Crippen LogP contribution in [0.3, 0.4) is 0 Å². The molecule has 2 rings (SSSR count). The van der Waals surface area contributed by atoms with Gasteiger partial charge in [0.05, 0.1) is 23.0 Å². The van der Waals surface area contributed by atoms with Crippen molar-refractivity contribution in [3.8, 4) is 0 Å². The summed E-state index contributed by atoms with van der Waals surface area (Å²) in [5.41, 5.74) is 6.09. The van der Waals surface area contributed by atoms with Crippen molar-refractivity contribution in [1.82, 2.24) is 4.98 Å². The number of nitrogens with one attached hydrogen (secondary N) is 1. The minimum absolute atomic E-state index is 0.119. The zero-order valence-corrected chi connectivity index (χ0v) is 9.04. The largest absolute Gasteiger partial charge is 0.397 e. The number of aliphatic hydroxyl groups is 1. The number of halogens is 1. The maximum atomic E-state index is 9.12. The van der Waals surface area contributed by atoms with E-state index in [2.05, 4.69) is 10.3 Å². The van der Waals surface area contributed by atoms with Gasteiger partial charge in [0.2, 0.25) is 0 Å². The Kier molecular flexibility index (Phi) is 2.98. The van der Waals surface area contributed by atoms with E-state index in [-0.39, 0.29) is 6.10 Å². The maximum absolute atomic E-state index is 9.12. The molecule has 1 saturated carbocycles. The van der Waals surface area contributed by atoms with Gasteiger partial charge in [0, 0.05) is 6.54 Å². The number of aliphatic hydroxyl groups excluding tert-OH is 1. The van der Waals surface area contributed by atoms with Crippen LogP contribution in [0.1, 0.15) is 12.8 Å². The molecule has 0 amide bonds. The number of pyridine rings is 1. The molecule has 1 aliphatic carbocycles. The minimum atomic E-state index is -0.119. The molecular formula is C10H14ClN3O. The predicted molar refractivity (Wildman–Crippen MR) is 60.9 cm³/mol. The van der Waals surface area contributed by atoms with E-state index >= 15 is 0 Å². The quantitative estimate of drug-likeness (QED) is 0.732. The summed E-state index contributed by atoms with van der Waals surface area (Å²) >= 11 is 5.95. The summed E-state index contributed by atoms with van der Waals surface area (Å²) in [5, 5.41) is 12.8. The molecule has 0 radical (unpaired) electrons. The Balaban J connectivity index is 1.88. The summed E-state index contributed by atoms with van der Waals surface area (Å²) in [4.78, 5) is 4.10. The summed E-state index contributed by atoms with van der Waals surface area (Å²) in [6, 6.07) is 1.67. The molecule has 1 aromatic rings. The summed E-state index contributed by atoms with van der Waals surface area (Å²) in [5.74, 6) is 1.18. The highest BCUT2D eigenvalue weighted by molar-refractivity contribution is 6.33. The van der Waals surface area contributed by atoms with E-state index in [0.29, 0.717) is 22.4 Å². The normalized spacial score (nSPS) is 24.7. The van der Waals surface area contributed by atoms with Crippen molar-refractivity contribution in [2.75, 3.05) is 17.6 Å². The lowest BCUT2D eigenvalue weighted by Gasteiger charge is -2.31. The van der Waals surface area contributed by atoms with Crippen LogP contribution in [-0.4, -0.2) is 22.7 Å². The maximum Gasteiger partial charge on any atom is 0.144 e. The Morgan fingerprint density at radius 1 is 1.60 bits per heavy atom. The third-order valence-electron chi connectivity index (χ3n) is 2.63. The molecule has 0 unspecified atom stereocenters. The Morgan fingerprint density at radius 3 is 2.93 bits per heavy atom. The van der Waals surface area contributed by atoms with Gasteiger partial charge in [-0.15, -0.1) is 0 Å². The number of hydrogen-bond donors (Lipinski definition) is 3. The fraction of sp³-hybridized carbons (Fsp3) is 0.500. The standard InChI is InChI=1S/C10H14ClN3O/c11-9-3-7(12)5-14-10(9)13-4-6-1-8(15)2-6/h3,5-6,8,15H,1-2,4,12H2,(H,13,14). The van der Waals surface area contributed by atoms with Crippen LogP contribution in [0.4, 0.5) is 11.5 Å². The fourth-order valence-electron chi connectivity index (χ4n) is 1.69. The molecule has 0 bridgehead atoms. The van der Waals surface area contributed by atoms with Gasteiger partial charge in [0.1, 0.15) is 5.82 Å². The third-order valence-corrected chi connectivity index (χ3v) is 2.92. The number of nitrogens with two attached hydrogens (primary N) is 1. The molecule has 15 heavy (non-hydrogen) atoms. The first-order valence-electron chi connectivity index (χ1n) is 4.98. The first-order chi connectivity index (χ1) is 7.15. The molecule has 0 aliphatic heterocycles. The monoisotopic (exact) mass is 227 g/mol. The van der Waals surface area contributed by atoms with Gasteiger partial charge in [-0.25, -0.2) is 4.98 Å². The van der Waals surface area contributed by atoms with Gasteiger partial charge in [0.25, 0.3) is 0 Å². The van der Waals surface area contributed by atoms with E-state index in [4.69, 9.17) is 22.4 Å². The van der Waals surface area contributed by atoms with Crippen LogP contribution < -0.4 is 11.1 Å². The number of anilines is 2. The number of hydrogen-bond acceptors (Lipinski definition) is 4. The van der Waals surface area contributed by atoms with Gasteiger partial charge < -0.3 is 16.2 Å². The van der Waals surface area contributed by atoms with Crippen molar-refractivity contribution in [3.05, 3.63) is 17.3 Å². The summed E-state index contributed by atoms with van der Waals surface area (Å²) < 4.78 is 0. The van der Waals surface area contributed by atoms with Crippen LogP contribution in [0.2, 0.25) is 5.02 Å². The number of aromatic nitrogens is 1. The molecule has 0 spiro atoms. The first-order valence-corrected chi connectivity index (χ1v) is 5.36. The molecule has 0 atom stereocenters. The van der Waals surface area contributed by atoms with Crippen LogP contribution in [0, 0.1) is 5.92 Å². The van der Waals surface area contributed by atoms with Gasteiger partial charge in [-0.2, -0.15) is 0 Å². The average Bonchev–Trinajstić information content (AvgIpc) is 2.13. The Morgan fingerprint density at radius 2 is 2.33 bits per heavy atom. The average molecular weight is 228 g/mol. The lowest BCUT2D eigenvalue weighted by molar-refractivity contribution is 0.0486. The highest BCUT2D eigenvalue weighted by Crippen LogP contribution is 2.28. The molecule has 0 aromatic carbocycles. The molecule has 0 saturated heterocycles. The minimum Gasteiger partial charge on any atom is -0.397 e. The molecule has 1 aromatic heterocycles. The van der Waals surface area contributed by atoms with Gasteiger partial charge in [-0.3, -0.25) is 0 Å². The second-order valence-electron chi connectivity index (χ2n) is 3.97. The van der Waals surface area contributed by atoms with Crippen molar-refractivity contribution >= 4 is 23.1 Å². The van der Waals surface area contributed by atoms with Gasteiger partial charge >= 0.3 is 0 Å². The second kappa shape index (κ2) is 4.24. The van der Waals surface area contributed by atoms with Crippen LogP contribution in [-0.2, 0) is 0 Å². The summed E-state index contributed by atoms with van der Waals surface area (Å²) in [7, 11) is 0. The summed E-state index contributed by atoms with van der Waals surface area (Å²) in [6.07, 6.45) is 3.18. The van der Waals surface area contributed by atoms with Crippen molar-refractivity contribution < 1.29 is 5.11 Å². The van der Waals surface area contributed by atoms with E-state index in [0.717, 1.165) is 19.4 Å². The highest BCUT2D eigenvalue weighted by Gasteiger charge is 2.26. The van der Waals surface area contributed by atoms with Crippen LogP contribution in [0.25, 0.3) is 0 Å². The Labute approximate surface area is 93.5 Å². The lowest BCUT2D eigenvalue weighted by atomic mass is 9.82. The molecule has 1 heterocycles. The van der Waals surface area contributed by atoms with E-state index in [9.17, 15) is 0 Å². The zero-order valence-electron chi connectivity index (χ0n) is 8.28. The molecule has 82 valence electrons. The molecule has 1 aliphatic rings. The van der Waals surface area contributed by atoms with Crippen molar-refractivity contribution in [3.63, 3.8) is 0 Å². The van der Waals surface area contributed by atoms with Crippen molar-refractivity contribution in [1.29, 1.82) is 0 Å². The smallest absolute Gasteiger partial charge is 0.144 e.